The van der Waals surface area contributed by atoms with Gasteiger partial charge in [0.1, 0.15) is 11.9 Å². The fraction of sp³-hybridized carbons (Fsp3) is 0.385. The van der Waals surface area contributed by atoms with Gasteiger partial charge in [0.25, 0.3) is 10.0 Å². The number of benzene rings is 1. The van der Waals surface area contributed by atoms with Crippen LogP contribution in [0.25, 0.3) is 0 Å². The predicted octanol–water partition coefficient (Wildman–Crippen LogP) is 0.592. The molecular formula is C13H17N3O3S. The smallest absolute Gasteiger partial charge is 0.263 e. The summed E-state index contributed by atoms with van der Waals surface area (Å²) in [5, 5.41) is 0. The molecule has 0 unspecified atom stereocenters. The summed E-state index contributed by atoms with van der Waals surface area (Å²) in [4.78, 5) is 17.9. The molecule has 0 aromatic heterocycles. The van der Waals surface area contributed by atoms with Gasteiger partial charge in [0, 0.05) is 19.2 Å². The van der Waals surface area contributed by atoms with Crippen LogP contribution in [0.5, 0.6) is 0 Å². The van der Waals surface area contributed by atoms with E-state index < -0.39 is 16.1 Å². The number of amidine groups is 1. The molecule has 1 N–H and O–H groups in total. The third-order valence-corrected chi connectivity index (χ3v) is 4.59. The van der Waals surface area contributed by atoms with Crippen molar-refractivity contribution in [2.75, 3.05) is 13.6 Å². The second-order valence-corrected chi connectivity index (χ2v) is 6.26. The highest BCUT2D eigenvalue weighted by atomic mass is 32.2. The Morgan fingerprint density at radius 1 is 1.40 bits per heavy atom. The number of rotatable bonds is 3. The van der Waals surface area contributed by atoms with Gasteiger partial charge in [-0.05, 0) is 26.0 Å². The standard InChI is InChI=1S/C13H17N3O3S/c1-4-16(3)13(17)9(2)14-12-10-7-5-6-8-11(10)20(18,19)15-12/h5-9H,4H2,1-3H3,(H,14,15)/t9-/m0/s1. The number of amides is 1. The highest BCUT2D eigenvalue weighted by Gasteiger charge is 2.31. The molecule has 1 atom stereocenters. The second-order valence-electron chi connectivity index (χ2n) is 4.61. The van der Waals surface area contributed by atoms with Crippen LogP contribution in [0, 0.1) is 0 Å². The van der Waals surface area contributed by atoms with E-state index in [0.29, 0.717) is 12.1 Å². The molecule has 0 fully saturated rings. The van der Waals surface area contributed by atoms with Gasteiger partial charge in [0.05, 0.1) is 4.90 Å². The monoisotopic (exact) mass is 295 g/mol. The Bertz CT molecular complexity index is 667. The molecule has 2 rings (SSSR count). The molecular weight excluding hydrogens is 278 g/mol. The zero-order valence-electron chi connectivity index (χ0n) is 11.6. The van der Waals surface area contributed by atoms with Crippen molar-refractivity contribution in [1.29, 1.82) is 0 Å². The zero-order chi connectivity index (χ0) is 14.9. The Hall–Kier alpha value is -1.89. The predicted molar refractivity (Wildman–Crippen MR) is 76.1 cm³/mol. The SMILES string of the molecule is CCN(C)C(=O)[C@H](C)N=C1NS(=O)(=O)c2ccccc21. The topological polar surface area (TPSA) is 78.8 Å². The largest absolute Gasteiger partial charge is 0.344 e. The molecule has 0 spiro atoms. The molecule has 6 nitrogen and oxygen atoms in total. The van der Waals surface area contributed by atoms with Gasteiger partial charge < -0.3 is 4.90 Å². The summed E-state index contributed by atoms with van der Waals surface area (Å²) in [6.45, 7) is 4.10. The molecule has 1 aliphatic heterocycles. The summed E-state index contributed by atoms with van der Waals surface area (Å²) in [5.74, 6) is 0.0783. The lowest BCUT2D eigenvalue weighted by Gasteiger charge is -2.17. The molecule has 7 heteroatoms. The number of fused-ring (bicyclic) bond motifs is 1. The molecule has 20 heavy (non-hydrogen) atoms. The molecule has 0 saturated carbocycles. The van der Waals surface area contributed by atoms with E-state index in [9.17, 15) is 13.2 Å². The van der Waals surface area contributed by atoms with Gasteiger partial charge in [-0.1, -0.05) is 12.1 Å². The van der Waals surface area contributed by atoms with E-state index in [2.05, 4.69) is 9.71 Å². The van der Waals surface area contributed by atoms with Gasteiger partial charge in [-0.15, -0.1) is 0 Å². The number of nitrogens with zero attached hydrogens (tertiary/aromatic N) is 2. The Labute approximate surface area is 118 Å². The van der Waals surface area contributed by atoms with E-state index in [0.717, 1.165) is 0 Å². The molecule has 1 aromatic carbocycles. The van der Waals surface area contributed by atoms with Gasteiger partial charge in [-0.25, -0.2) is 8.42 Å². The van der Waals surface area contributed by atoms with E-state index >= 15 is 0 Å². The fourth-order valence-corrected chi connectivity index (χ4v) is 3.19. The Morgan fingerprint density at radius 3 is 2.70 bits per heavy atom. The van der Waals surface area contributed by atoms with E-state index in [1.807, 2.05) is 6.92 Å². The number of carbonyl (C=O) groups excluding carboxylic acids is 1. The van der Waals surface area contributed by atoms with E-state index in [1.165, 1.54) is 6.07 Å². The van der Waals surface area contributed by atoms with Crippen LogP contribution >= 0.6 is 0 Å². The molecule has 1 amide bonds. The van der Waals surface area contributed by atoms with Crippen LogP contribution in [0.3, 0.4) is 0 Å². The highest BCUT2D eigenvalue weighted by Crippen LogP contribution is 2.22. The average Bonchev–Trinajstić information content (AvgIpc) is 2.69. The zero-order valence-corrected chi connectivity index (χ0v) is 12.4. The molecule has 0 bridgehead atoms. The number of hydrogen-bond acceptors (Lipinski definition) is 4. The summed E-state index contributed by atoms with van der Waals surface area (Å²) in [6.07, 6.45) is 0. The van der Waals surface area contributed by atoms with Crippen molar-refractivity contribution in [2.45, 2.75) is 24.8 Å². The first kappa shape index (κ1) is 14.5. The third kappa shape index (κ3) is 2.53. The quantitative estimate of drug-likeness (QED) is 0.886. The van der Waals surface area contributed by atoms with Crippen molar-refractivity contribution < 1.29 is 13.2 Å². The van der Waals surface area contributed by atoms with Crippen LogP contribution < -0.4 is 4.72 Å². The van der Waals surface area contributed by atoms with Gasteiger partial charge in [-0.2, -0.15) is 0 Å². The van der Waals surface area contributed by atoms with Crippen LogP contribution in [0.1, 0.15) is 19.4 Å². The summed E-state index contributed by atoms with van der Waals surface area (Å²) >= 11 is 0. The Morgan fingerprint density at radius 2 is 2.05 bits per heavy atom. The minimum atomic E-state index is -3.56. The maximum absolute atomic E-state index is 12.0. The van der Waals surface area contributed by atoms with Crippen molar-refractivity contribution in [3.8, 4) is 0 Å². The van der Waals surface area contributed by atoms with Crippen molar-refractivity contribution in [3.63, 3.8) is 0 Å². The van der Waals surface area contributed by atoms with E-state index in [4.69, 9.17) is 0 Å². The normalized spacial score (nSPS) is 19.2. The van der Waals surface area contributed by atoms with Crippen LogP contribution in [-0.4, -0.2) is 44.7 Å². The molecule has 1 aromatic rings. The minimum absolute atomic E-state index is 0.149. The lowest BCUT2D eigenvalue weighted by Crippen LogP contribution is -2.35. The second kappa shape index (κ2) is 5.24. The van der Waals surface area contributed by atoms with Crippen LogP contribution in [0.4, 0.5) is 0 Å². The molecule has 0 saturated heterocycles. The fourth-order valence-electron chi connectivity index (χ4n) is 1.95. The summed E-state index contributed by atoms with van der Waals surface area (Å²) < 4.78 is 26.2. The number of hydrogen-bond donors (Lipinski definition) is 1. The van der Waals surface area contributed by atoms with E-state index in [1.54, 1.807) is 37.1 Å². The summed E-state index contributed by atoms with van der Waals surface area (Å²) in [5.41, 5.74) is 0.506. The molecule has 1 heterocycles. The number of aliphatic imine (C=N–C) groups is 1. The lowest BCUT2D eigenvalue weighted by molar-refractivity contribution is -0.130. The average molecular weight is 295 g/mol. The van der Waals surface area contributed by atoms with Gasteiger partial charge in [0.15, 0.2) is 0 Å². The van der Waals surface area contributed by atoms with Gasteiger partial charge in [0.2, 0.25) is 5.91 Å². The number of sulfonamides is 1. The maximum atomic E-state index is 12.0. The number of nitrogens with one attached hydrogen (secondary N) is 1. The first-order chi connectivity index (χ1) is 9.36. The van der Waals surface area contributed by atoms with Crippen molar-refractivity contribution >= 4 is 21.8 Å². The Kier molecular flexibility index (Phi) is 3.80. The van der Waals surface area contributed by atoms with Gasteiger partial charge >= 0.3 is 0 Å². The lowest BCUT2D eigenvalue weighted by atomic mass is 10.2. The van der Waals surface area contributed by atoms with Crippen LogP contribution in [-0.2, 0) is 14.8 Å². The highest BCUT2D eigenvalue weighted by molar-refractivity contribution is 7.90. The summed E-state index contributed by atoms with van der Waals surface area (Å²) in [6, 6.07) is 5.95. The third-order valence-electron chi connectivity index (χ3n) is 3.19. The molecule has 0 aliphatic carbocycles. The first-order valence-corrected chi connectivity index (χ1v) is 7.80. The number of carbonyl (C=O) groups is 1. The van der Waals surface area contributed by atoms with Crippen LogP contribution in [0.2, 0.25) is 0 Å². The minimum Gasteiger partial charge on any atom is -0.344 e. The summed E-state index contributed by atoms with van der Waals surface area (Å²) in [7, 11) is -1.87. The Balaban J connectivity index is 2.36. The number of likely N-dealkylation sites (N-methyl/N-ethyl adjacent to an activating group) is 1. The molecule has 0 radical (unpaired) electrons. The van der Waals surface area contributed by atoms with Crippen LogP contribution in [0.15, 0.2) is 34.2 Å². The first-order valence-electron chi connectivity index (χ1n) is 6.32. The van der Waals surface area contributed by atoms with Gasteiger partial charge in [-0.3, -0.25) is 14.5 Å². The van der Waals surface area contributed by atoms with Crippen molar-refractivity contribution in [3.05, 3.63) is 29.8 Å². The molecule has 108 valence electrons. The maximum Gasteiger partial charge on any atom is 0.263 e. The van der Waals surface area contributed by atoms with Crippen molar-refractivity contribution in [2.24, 2.45) is 4.99 Å². The molecule has 1 aliphatic rings. The van der Waals surface area contributed by atoms with Crippen molar-refractivity contribution in [1.82, 2.24) is 9.62 Å². The van der Waals surface area contributed by atoms with E-state index in [-0.39, 0.29) is 16.6 Å².